The van der Waals surface area contributed by atoms with Crippen LogP contribution >= 0.6 is 11.6 Å². The quantitative estimate of drug-likeness (QED) is 0.525. The first-order chi connectivity index (χ1) is 17.6. The van der Waals surface area contributed by atoms with Crippen LogP contribution in [-0.2, 0) is 16.1 Å². The number of nitrogens with zero attached hydrogens (tertiary/aromatic N) is 3. The molecule has 0 spiro atoms. The highest BCUT2D eigenvalue weighted by molar-refractivity contribution is 6.31. The molecule has 2 aromatic rings. The molecule has 8 heteroatoms. The average Bonchev–Trinajstić information content (AvgIpc) is 3.42. The van der Waals surface area contributed by atoms with Gasteiger partial charge in [-0.05, 0) is 111 Å². The minimum Gasteiger partial charge on any atom is -0.390 e. The van der Waals surface area contributed by atoms with E-state index in [9.17, 15) is 14.3 Å². The van der Waals surface area contributed by atoms with Gasteiger partial charge in [0.2, 0.25) is 0 Å². The van der Waals surface area contributed by atoms with Gasteiger partial charge < -0.3 is 9.84 Å². The Morgan fingerprint density at radius 2 is 1.95 bits per heavy atom. The summed E-state index contributed by atoms with van der Waals surface area (Å²) in [6.07, 6.45) is 9.23. The maximum Gasteiger partial charge on any atom is 0.171 e. The first-order valence-electron chi connectivity index (χ1n) is 14.0. The lowest BCUT2D eigenvalue weighted by atomic mass is 9.43. The average molecular weight is 532 g/mol. The molecule has 1 heterocycles. The lowest BCUT2D eigenvalue weighted by Crippen LogP contribution is -2.58. The number of carbonyl (C=O) groups is 1. The van der Waals surface area contributed by atoms with Crippen LogP contribution in [0.1, 0.15) is 71.6 Å². The minimum atomic E-state index is -0.589. The summed E-state index contributed by atoms with van der Waals surface area (Å²) in [6.45, 7) is 5.19. The Hall–Kier alpha value is -1.57. The van der Waals surface area contributed by atoms with Crippen LogP contribution in [0.2, 0.25) is 5.02 Å². The molecule has 4 fully saturated rings. The predicted octanol–water partition coefficient (Wildman–Crippen LogP) is 5.83. The van der Waals surface area contributed by atoms with Crippen molar-refractivity contribution in [2.24, 2.45) is 40.4 Å². The summed E-state index contributed by atoms with van der Waals surface area (Å²) in [5.41, 5.74) is 0.0805. The molecule has 0 radical (unpaired) electrons. The Kier molecular flexibility index (Phi) is 6.24. The number of carbonyl (C=O) groups excluding carboxylic acids is 1. The zero-order valence-electron chi connectivity index (χ0n) is 22.2. The van der Waals surface area contributed by atoms with Gasteiger partial charge in [-0.25, -0.2) is 4.39 Å². The predicted molar refractivity (Wildman–Crippen MR) is 140 cm³/mol. The van der Waals surface area contributed by atoms with E-state index >= 15 is 0 Å². The molecule has 0 amide bonds. The largest absolute Gasteiger partial charge is 0.390 e. The Morgan fingerprint density at radius 1 is 1.14 bits per heavy atom. The van der Waals surface area contributed by atoms with E-state index in [2.05, 4.69) is 17.1 Å². The van der Waals surface area contributed by atoms with Gasteiger partial charge in [-0.15, -0.1) is 5.10 Å². The van der Waals surface area contributed by atoms with E-state index in [4.69, 9.17) is 16.3 Å². The van der Waals surface area contributed by atoms with Crippen LogP contribution in [-0.4, -0.2) is 45.2 Å². The van der Waals surface area contributed by atoms with Crippen molar-refractivity contribution in [1.29, 1.82) is 0 Å². The Balaban J connectivity index is 1.22. The monoisotopic (exact) mass is 531 g/mol. The molecule has 202 valence electrons. The number of ether oxygens (including phenoxy) is 1. The molecule has 4 aliphatic carbocycles. The number of aliphatic hydroxyl groups is 1. The number of benzene rings is 1. The summed E-state index contributed by atoms with van der Waals surface area (Å²) in [6, 6.07) is 3.11. The lowest BCUT2D eigenvalue weighted by molar-refractivity contribution is -0.175. The third-order valence-electron chi connectivity index (χ3n) is 11.2. The van der Waals surface area contributed by atoms with Crippen molar-refractivity contribution in [3.05, 3.63) is 23.0 Å². The van der Waals surface area contributed by atoms with Gasteiger partial charge in [0.25, 0.3) is 0 Å². The molecule has 8 atom stereocenters. The maximum absolute atomic E-state index is 14.4. The van der Waals surface area contributed by atoms with E-state index in [0.717, 1.165) is 58.0 Å². The van der Waals surface area contributed by atoms with Crippen LogP contribution in [0, 0.1) is 46.2 Å². The minimum absolute atomic E-state index is 0.0105. The Morgan fingerprint density at radius 3 is 2.73 bits per heavy atom. The highest BCUT2D eigenvalue weighted by Gasteiger charge is 2.63. The number of rotatable bonds is 5. The number of methoxy groups -OCH3 is 1. The van der Waals surface area contributed by atoms with E-state index in [1.165, 1.54) is 17.3 Å². The van der Waals surface area contributed by atoms with Crippen LogP contribution in [0.15, 0.2) is 12.1 Å². The number of fused-ring (bicyclic) bond motifs is 6. The van der Waals surface area contributed by atoms with Gasteiger partial charge in [0.05, 0.1) is 17.2 Å². The van der Waals surface area contributed by atoms with Gasteiger partial charge in [0, 0.05) is 13.0 Å². The third kappa shape index (κ3) is 3.98. The second-order valence-corrected chi connectivity index (χ2v) is 13.5. The zero-order chi connectivity index (χ0) is 26.2. The topological polar surface area (TPSA) is 77.2 Å². The molecule has 1 aromatic heterocycles. The number of halogens is 2. The van der Waals surface area contributed by atoms with Crippen LogP contribution < -0.4 is 0 Å². The van der Waals surface area contributed by atoms with Crippen molar-refractivity contribution in [3.8, 4) is 0 Å². The fourth-order valence-electron chi connectivity index (χ4n) is 9.60. The van der Waals surface area contributed by atoms with E-state index in [1.54, 1.807) is 6.07 Å². The van der Waals surface area contributed by atoms with Crippen molar-refractivity contribution < 1.29 is 19.0 Å². The molecule has 4 aliphatic rings. The molecule has 1 aromatic carbocycles. The lowest BCUT2D eigenvalue weighted by Gasteiger charge is -2.62. The molecule has 4 saturated carbocycles. The molecule has 0 bridgehead atoms. The standard InChI is InChI=1S/C29H39ClFN3O3/c1-27(36)12-13-29(16-37-3)17(14-27)4-5-18-19-6-7-21(28(19,2)11-10-20(18)29)24(35)15-34-32-23-9-8-22(30)25(31)26(23)33-34/h8-9,17-21,36H,4-7,10-16H2,1-3H3/t17-,18+,19+,20+,21-,27-,28+,29-/m1/s1. The first-order valence-corrected chi connectivity index (χ1v) is 14.4. The number of ketones is 1. The summed E-state index contributed by atoms with van der Waals surface area (Å²) in [5.74, 6) is 1.78. The molecule has 37 heavy (non-hydrogen) atoms. The summed E-state index contributed by atoms with van der Waals surface area (Å²) in [7, 11) is 1.83. The Labute approximate surface area is 223 Å². The highest BCUT2D eigenvalue weighted by Crippen LogP contribution is 2.68. The normalized spacial score (nSPS) is 41.3. The van der Waals surface area contributed by atoms with Gasteiger partial charge in [0.15, 0.2) is 11.6 Å². The van der Waals surface area contributed by atoms with Gasteiger partial charge in [0.1, 0.15) is 17.6 Å². The SMILES string of the molecule is COC[C@]12CC[C@@](C)(O)C[C@H]1CC[C@H]1[C@@H]3CC[C@H](C(=O)Cn4nc5ccc(Cl)c(F)c5n4)[C@@]3(C)CC[C@@H]12. The van der Waals surface area contributed by atoms with Gasteiger partial charge in [-0.1, -0.05) is 18.5 Å². The molecule has 0 saturated heterocycles. The fourth-order valence-corrected chi connectivity index (χ4v) is 9.75. The molecule has 0 aliphatic heterocycles. The molecule has 6 nitrogen and oxygen atoms in total. The van der Waals surface area contributed by atoms with E-state index in [1.807, 2.05) is 14.0 Å². The molecular weight excluding hydrogens is 493 g/mol. The van der Waals surface area contributed by atoms with Gasteiger partial charge >= 0.3 is 0 Å². The van der Waals surface area contributed by atoms with Crippen molar-refractivity contribution in [1.82, 2.24) is 15.0 Å². The van der Waals surface area contributed by atoms with Crippen molar-refractivity contribution in [3.63, 3.8) is 0 Å². The van der Waals surface area contributed by atoms with Crippen molar-refractivity contribution >= 4 is 28.4 Å². The smallest absolute Gasteiger partial charge is 0.171 e. The Bertz CT molecular complexity index is 1220. The van der Waals surface area contributed by atoms with E-state index in [-0.39, 0.29) is 39.6 Å². The summed E-state index contributed by atoms with van der Waals surface area (Å²) >= 11 is 5.90. The van der Waals surface area contributed by atoms with Crippen LogP contribution in [0.4, 0.5) is 4.39 Å². The fraction of sp³-hybridized carbons (Fsp3) is 0.759. The number of Topliss-reactive ketones (excluding diaryl/α,β-unsaturated/α-hetero) is 1. The third-order valence-corrected chi connectivity index (χ3v) is 11.5. The summed E-state index contributed by atoms with van der Waals surface area (Å²) in [5, 5.41) is 19.5. The second kappa shape index (κ2) is 8.99. The van der Waals surface area contributed by atoms with Gasteiger partial charge in [-0.2, -0.15) is 9.90 Å². The zero-order valence-corrected chi connectivity index (χ0v) is 22.9. The highest BCUT2D eigenvalue weighted by atomic mass is 35.5. The first kappa shape index (κ1) is 25.7. The van der Waals surface area contributed by atoms with Gasteiger partial charge in [-0.3, -0.25) is 4.79 Å². The molecule has 0 unspecified atom stereocenters. The van der Waals surface area contributed by atoms with E-state index < -0.39 is 11.4 Å². The van der Waals surface area contributed by atoms with Crippen LogP contribution in [0.25, 0.3) is 11.0 Å². The summed E-state index contributed by atoms with van der Waals surface area (Å²) in [4.78, 5) is 15.0. The van der Waals surface area contributed by atoms with E-state index in [0.29, 0.717) is 29.2 Å². The van der Waals surface area contributed by atoms with Crippen molar-refractivity contribution in [2.45, 2.75) is 83.8 Å². The molecular formula is C29H39ClFN3O3. The number of aromatic nitrogens is 3. The number of hydrogen-bond acceptors (Lipinski definition) is 5. The molecule has 6 rings (SSSR count). The summed E-state index contributed by atoms with van der Waals surface area (Å²) < 4.78 is 20.3. The maximum atomic E-state index is 14.4. The van der Waals surface area contributed by atoms with Crippen molar-refractivity contribution in [2.75, 3.05) is 13.7 Å². The van der Waals surface area contributed by atoms with Crippen LogP contribution in [0.3, 0.4) is 0 Å². The van der Waals surface area contributed by atoms with Crippen LogP contribution in [0.5, 0.6) is 0 Å². The number of hydrogen-bond donors (Lipinski definition) is 1. The molecule has 1 N–H and O–H groups in total. The second-order valence-electron chi connectivity index (χ2n) is 13.1.